The molecule has 3 heteroatoms. The lowest BCUT2D eigenvalue weighted by atomic mass is 9.96. The fourth-order valence-corrected chi connectivity index (χ4v) is 2.64. The Bertz CT molecular complexity index is 749. The Morgan fingerprint density at radius 2 is 1.83 bits per heavy atom. The van der Waals surface area contributed by atoms with Gasteiger partial charge in [-0.15, -0.1) is 0 Å². The lowest BCUT2D eigenvalue weighted by Gasteiger charge is -2.17. The molecule has 0 fully saturated rings. The maximum atomic E-state index is 12.4. The van der Waals surface area contributed by atoms with Gasteiger partial charge in [-0.05, 0) is 55.2 Å². The molecule has 24 heavy (non-hydrogen) atoms. The Hall–Kier alpha value is -2.29. The summed E-state index contributed by atoms with van der Waals surface area (Å²) in [6, 6.07) is 12.1. The summed E-state index contributed by atoms with van der Waals surface area (Å²) in [6.07, 6.45) is 2.10. The number of ether oxygens (including phenoxy) is 1. The van der Waals surface area contributed by atoms with Gasteiger partial charge in [-0.2, -0.15) is 0 Å². The van der Waals surface area contributed by atoms with E-state index in [2.05, 4.69) is 31.3 Å². The zero-order chi connectivity index (χ0) is 17.7. The SMILES string of the molecule is CC=C(C)C(C)CNC(=O)[C@@H](C)c1ccc2cc(OC)ccc2c1. The van der Waals surface area contributed by atoms with E-state index < -0.39 is 0 Å². The number of fused-ring (bicyclic) bond motifs is 1. The predicted octanol–water partition coefficient (Wildman–Crippen LogP) is 4.67. The second kappa shape index (κ2) is 8.00. The van der Waals surface area contributed by atoms with Crippen molar-refractivity contribution in [1.82, 2.24) is 5.32 Å². The lowest BCUT2D eigenvalue weighted by Crippen LogP contribution is -2.32. The van der Waals surface area contributed by atoms with Gasteiger partial charge in [0.15, 0.2) is 0 Å². The zero-order valence-corrected chi connectivity index (χ0v) is 15.2. The molecular formula is C21H27NO2. The van der Waals surface area contributed by atoms with Crippen LogP contribution in [-0.4, -0.2) is 19.6 Å². The summed E-state index contributed by atoms with van der Waals surface area (Å²) < 4.78 is 5.25. The number of benzene rings is 2. The van der Waals surface area contributed by atoms with Gasteiger partial charge in [0, 0.05) is 6.54 Å². The van der Waals surface area contributed by atoms with Gasteiger partial charge < -0.3 is 10.1 Å². The molecule has 0 heterocycles. The van der Waals surface area contributed by atoms with Gasteiger partial charge in [0.25, 0.3) is 0 Å². The molecule has 0 aliphatic rings. The van der Waals surface area contributed by atoms with E-state index in [0.29, 0.717) is 12.5 Å². The molecule has 1 amide bonds. The van der Waals surface area contributed by atoms with Crippen molar-refractivity contribution in [3.8, 4) is 5.75 Å². The summed E-state index contributed by atoms with van der Waals surface area (Å²) in [7, 11) is 1.67. The fourth-order valence-electron chi connectivity index (χ4n) is 2.64. The summed E-state index contributed by atoms with van der Waals surface area (Å²) in [6.45, 7) is 8.87. The molecular weight excluding hydrogens is 298 g/mol. The summed E-state index contributed by atoms with van der Waals surface area (Å²) in [4.78, 5) is 12.4. The first-order valence-corrected chi connectivity index (χ1v) is 8.44. The standard InChI is InChI=1S/C21H27NO2/c1-6-14(2)15(3)13-22-21(23)16(4)17-7-8-19-12-20(24-5)10-9-18(19)11-17/h6-12,15-16H,13H2,1-5H3,(H,22,23)/t15?,16-/m0/s1. The molecule has 0 saturated heterocycles. The van der Waals surface area contributed by atoms with Crippen molar-refractivity contribution in [2.24, 2.45) is 5.92 Å². The fraction of sp³-hybridized carbons (Fsp3) is 0.381. The number of nitrogens with one attached hydrogen (secondary N) is 1. The molecule has 1 N–H and O–H groups in total. The largest absolute Gasteiger partial charge is 0.497 e. The number of carbonyl (C=O) groups is 1. The van der Waals surface area contributed by atoms with Crippen molar-refractivity contribution >= 4 is 16.7 Å². The minimum atomic E-state index is -0.172. The van der Waals surface area contributed by atoms with Crippen molar-refractivity contribution in [3.63, 3.8) is 0 Å². The highest BCUT2D eigenvalue weighted by Crippen LogP contribution is 2.25. The molecule has 0 aliphatic carbocycles. The Morgan fingerprint density at radius 1 is 1.17 bits per heavy atom. The van der Waals surface area contributed by atoms with Crippen molar-refractivity contribution in [2.45, 2.75) is 33.6 Å². The number of carbonyl (C=O) groups excluding carboxylic acids is 1. The number of methoxy groups -OCH3 is 1. The molecule has 2 aromatic rings. The highest BCUT2D eigenvalue weighted by molar-refractivity contribution is 5.88. The van der Waals surface area contributed by atoms with Crippen LogP contribution >= 0.6 is 0 Å². The molecule has 0 saturated carbocycles. The monoisotopic (exact) mass is 325 g/mol. The normalized spacial score (nSPS) is 14.3. The van der Waals surface area contributed by atoms with Crippen LogP contribution in [0.1, 0.15) is 39.2 Å². The van der Waals surface area contributed by atoms with E-state index in [0.717, 1.165) is 22.1 Å². The minimum Gasteiger partial charge on any atom is -0.497 e. The van der Waals surface area contributed by atoms with E-state index in [1.54, 1.807) is 7.11 Å². The average molecular weight is 325 g/mol. The van der Waals surface area contributed by atoms with Crippen molar-refractivity contribution in [1.29, 1.82) is 0 Å². The first-order valence-electron chi connectivity index (χ1n) is 8.44. The molecule has 128 valence electrons. The topological polar surface area (TPSA) is 38.3 Å². The third-order valence-electron chi connectivity index (χ3n) is 4.78. The molecule has 2 rings (SSSR count). The van der Waals surface area contributed by atoms with Crippen LogP contribution in [0.5, 0.6) is 5.75 Å². The lowest BCUT2D eigenvalue weighted by molar-refractivity contribution is -0.122. The van der Waals surface area contributed by atoms with Gasteiger partial charge in [-0.25, -0.2) is 0 Å². The van der Waals surface area contributed by atoms with Gasteiger partial charge in [-0.3, -0.25) is 4.79 Å². The maximum Gasteiger partial charge on any atom is 0.227 e. The van der Waals surface area contributed by atoms with Crippen molar-refractivity contribution in [2.75, 3.05) is 13.7 Å². The molecule has 0 aromatic heterocycles. The third kappa shape index (κ3) is 4.16. The second-order valence-corrected chi connectivity index (χ2v) is 6.37. The van der Waals surface area contributed by atoms with Crippen LogP contribution in [0.4, 0.5) is 0 Å². The van der Waals surface area contributed by atoms with E-state index in [1.807, 2.05) is 44.2 Å². The summed E-state index contributed by atoms with van der Waals surface area (Å²) in [5, 5.41) is 5.29. The number of amides is 1. The van der Waals surface area contributed by atoms with Crippen LogP contribution < -0.4 is 10.1 Å². The summed E-state index contributed by atoms with van der Waals surface area (Å²) in [5.41, 5.74) is 2.32. The Labute approximate surface area is 144 Å². The van der Waals surface area contributed by atoms with Crippen LogP contribution in [0.3, 0.4) is 0 Å². The highest BCUT2D eigenvalue weighted by atomic mass is 16.5. The average Bonchev–Trinajstić information content (AvgIpc) is 2.63. The van der Waals surface area contributed by atoms with Gasteiger partial charge in [0.1, 0.15) is 5.75 Å². The first kappa shape index (κ1) is 18.1. The van der Waals surface area contributed by atoms with Gasteiger partial charge >= 0.3 is 0 Å². The van der Waals surface area contributed by atoms with Crippen LogP contribution in [0.15, 0.2) is 48.0 Å². The number of rotatable bonds is 6. The minimum absolute atomic E-state index is 0.0682. The van der Waals surface area contributed by atoms with Gasteiger partial charge in [0.2, 0.25) is 5.91 Å². The third-order valence-corrected chi connectivity index (χ3v) is 4.78. The Kier molecular flexibility index (Phi) is 6.02. The molecule has 2 atom stereocenters. The predicted molar refractivity (Wildman–Crippen MR) is 101 cm³/mol. The molecule has 0 aliphatic heterocycles. The zero-order valence-electron chi connectivity index (χ0n) is 15.2. The van der Waals surface area contributed by atoms with Crippen molar-refractivity contribution < 1.29 is 9.53 Å². The number of allylic oxidation sites excluding steroid dienone is 1. The van der Waals surface area contributed by atoms with E-state index in [-0.39, 0.29) is 11.8 Å². The van der Waals surface area contributed by atoms with Crippen LogP contribution in [0.2, 0.25) is 0 Å². The second-order valence-electron chi connectivity index (χ2n) is 6.37. The molecule has 0 radical (unpaired) electrons. The maximum absolute atomic E-state index is 12.4. The highest BCUT2D eigenvalue weighted by Gasteiger charge is 2.16. The quantitative estimate of drug-likeness (QED) is 0.784. The van der Waals surface area contributed by atoms with Gasteiger partial charge in [-0.1, -0.05) is 42.8 Å². The van der Waals surface area contributed by atoms with Gasteiger partial charge in [0.05, 0.1) is 13.0 Å². The van der Waals surface area contributed by atoms with Crippen LogP contribution in [0, 0.1) is 5.92 Å². The summed E-state index contributed by atoms with van der Waals surface area (Å²) >= 11 is 0. The van der Waals surface area contributed by atoms with E-state index >= 15 is 0 Å². The van der Waals surface area contributed by atoms with E-state index in [9.17, 15) is 4.79 Å². The number of hydrogen-bond acceptors (Lipinski definition) is 2. The number of hydrogen-bond donors (Lipinski definition) is 1. The molecule has 2 aromatic carbocycles. The summed E-state index contributed by atoms with van der Waals surface area (Å²) in [5.74, 6) is 1.10. The van der Waals surface area contributed by atoms with Crippen molar-refractivity contribution in [3.05, 3.63) is 53.6 Å². The molecule has 0 bridgehead atoms. The first-order chi connectivity index (χ1) is 11.5. The molecule has 1 unspecified atom stereocenters. The molecule has 0 spiro atoms. The molecule has 3 nitrogen and oxygen atoms in total. The Balaban J connectivity index is 2.09. The Morgan fingerprint density at radius 3 is 2.50 bits per heavy atom. The smallest absolute Gasteiger partial charge is 0.227 e. The van der Waals surface area contributed by atoms with Crippen LogP contribution in [0.25, 0.3) is 10.8 Å². The van der Waals surface area contributed by atoms with E-state index in [1.165, 1.54) is 5.57 Å². The van der Waals surface area contributed by atoms with E-state index in [4.69, 9.17) is 4.74 Å². The van der Waals surface area contributed by atoms with Crippen LogP contribution in [-0.2, 0) is 4.79 Å².